The predicted molar refractivity (Wildman–Crippen MR) is 69.2 cm³/mol. The lowest BCUT2D eigenvalue weighted by Crippen LogP contribution is -2.42. The first-order valence-corrected chi connectivity index (χ1v) is 6.11. The van der Waals surface area contributed by atoms with Crippen LogP contribution in [-0.4, -0.2) is 52.3 Å². The summed E-state index contributed by atoms with van der Waals surface area (Å²) in [6.07, 6.45) is 1.90. The van der Waals surface area contributed by atoms with Gasteiger partial charge in [0.15, 0.2) is 5.65 Å². The van der Waals surface area contributed by atoms with E-state index in [0.29, 0.717) is 12.5 Å². The van der Waals surface area contributed by atoms with Crippen LogP contribution in [-0.2, 0) is 11.3 Å². The van der Waals surface area contributed by atoms with Gasteiger partial charge in [-0.3, -0.25) is 4.57 Å². The Balaban J connectivity index is 1.87. The highest BCUT2D eigenvalue weighted by Crippen LogP contribution is 2.17. The summed E-state index contributed by atoms with van der Waals surface area (Å²) in [6.45, 7) is 3.35. The molecule has 0 spiro atoms. The summed E-state index contributed by atoms with van der Waals surface area (Å²) in [5, 5.41) is 0. The fourth-order valence-electron chi connectivity index (χ4n) is 2.34. The number of hydrogen-bond donors (Lipinski definition) is 1. The number of anilines is 1. The molecule has 0 bridgehead atoms. The molecule has 96 valence electrons. The largest absolute Gasteiger partial charge is 0.374 e. The van der Waals surface area contributed by atoms with E-state index in [4.69, 9.17) is 10.5 Å². The van der Waals surface area contributed by atoms with Crippen LogP contribution in [0.3, 0.4) is 0 Å². The van der Waals surface area contributed by atoms with E-state index in [1.54, 1.807) is 6.20 Å². The molecule has 2 aromatic rings. The first-order chi connectivity index (χ1) is 8.74. The number of nitrogens with zero attached hydrogens (tertiary/aromatic N) is 4. The van der Waals surface area contributed by atoms with Gasteiger partial charge in [-0.2, -0.15) is 0 Å². The number of likely N-dealkylation sites (N-methyl/N-ethyl adjacent to an activating group) is 1. The first-order valence-electron chi connectivity index (χ1n) is 6.11. The summed E-state index contributed by atoms with van der Waals surface area (Å²) in [5.74, 6) is 0.500. The zero-order valence-corrected chi connectivity index (χ0v) is 10.4. The Morgan fingerprint density at radius 1 is 1.56 bits per heavy atom. The molecule has 0 radical (unpaired) electrons. The molecule has 1 unspecified atom stereocenters. The van der Waals surface area contributed by atoms with Crippen LogP contribution < -0.4 is 5.73 Å². The fraction of sp³-hybridized carbons (Fsp3) is 0.500. The zero-order chi connectivity index (χ0) is 12.5. The Kier molecular flexibility index (Phi) is 2.89. The second-order valence-electron chi connectivity index (χ2n) is 4.68. The summed E-state index contributed by atoms with van der Waals surface area (Å²) in [7, 11) is 2.10. The Labute approximate surface area is 105 Å². The van der Waals surface area contributed by atoms with E-state index in [1.165, 1.54) is 0 Å². The number of rotatable bonds is 2. The number of morpholine rings is 1. The van der Waals surface area contributed by atoms with Crippen molar-refractivity contribution < 1.29 is 4.74 Å². The molecular weight excluding hydrogens is 230 g/mol. The Hall–Kier alpha value is -1.66. The van der Waals surface area contributed by atoms with E-state index in [0.717, 1.165) is 30.9 Å². The maximum atomic E-state index is 5.95. The van der Waals surface area contributed by atoms with E-state index < -0.39 is 0 Å². The third kappa shape index (κ3) is 2.04. The summed E-state index contributed by atoms with van der Waals surface area (Å²) >= 11 is 0. The second kappa shape index (κ2) is 4.55. The van der Waals surface area contributed by atoms with Crippen LogP contribution in [0.1, 0.15) is 0 Å². The molecule has 0 aliphatic carbocycles. The van der Waals surface area contributed by atoms with Gasteiger partial charge in [0.25, 0.3) is 0 Å². The zero-order valence-electron chi connectivity index (χ0n) is 10.4. The lowest BCUT2D eigenvalue weighted by Gasteiger charge is -2.30. The van der Waals surface area contributed by atoms with Crippen LogP contribution in [0.15, 0.2) is 18.3 Å². The molecule has 3 rings (SSSR count). The lowest BCUT2D eigenvalue weighted by atomic mass is 10.3. The van der Waals surface area contributed by atoms with Gasteiger partial charge in [-0.15, -0.1) is 0 Å². The predicted octanol–water partition coefficient (Wildman–Crippen LogP) is 0.344. The molecule has 6 nitrogen and oxygen atoms in total. The molecule has 2 aromatic heterocycles. The van der Waals surface area contributed by atoms with Crippen molar-refractivity contribution >= 4 is 17.1 Å². The van der Waals surface area contributed by atoms with Gasteiger partial charge in [-0.1, -0.05) is 0 Å². The minimum absolute atomic E-state index is 0.144. The van der Waals surface area contributed by atoms with Gasteiger partial charge in [-0.25, -0.2) is 9.97 Å². The highest BCUT2D eigenvalue weighted by atomic mass is 16.5. The average Bonchev–Trinajstić information content (AvgIpc) is 2.66. The van der Waals surface area contributed by atoms with Crippen LogP contribution in [0.25, 0.3) is 11.2 Å². The van der Waals surface area contributed by atoms with Crippen molar-refractivity contribution in [3.8, 4) is 0 Å². The maximum absolute atomic E-state index is 5.95. The standard InChI is InChI=1S/C12H17N5O/c1-16-5-6-18-9(7-16)8-17-11-10(15-12(17)13)3-2-4-14-11/h2-4,9H,5-8H2,1H3,(H2,13,15). The van der Waals surface area contributed by atoms with Crippen LogP contribution >= 0.6 is 0 Å². The number of aromatic nitrogens is 3. The highest BCUT2D eigenvalue weighted by Gasteiger charge is 2.20. The summed E-state index contributed by atoms with van der Waals surface area (Å²) in [4.78, 5) is 10.9. The Morgan fingerprint density at radius 2 is 2.44 bits per heavy atom. The number of imidazole rings is 1. The van der Waals surface area contributed by atoms with Crippen molar-refractivity contribution in [2.24, 2.45) is 0 Å². The third-order valence-corrected chi connectivity index (χ3v) is 3.26. The van der Waals surface area contributed by atoms with Crippen LogP contribution in [0.2, 0.25) is 0 Å². The summed E-state index contributed by atoms with van der Waals surface area (Å²) in [5.41, 5.74) is 7.61. The van der Waals surface area contributed by atoms with Gasteiger partial charge in [-0.05, 0) is 19.2 Å². The normalized spacial score (nSPS) is 21.5. The maximum Gasteiger partial charge on any atom is 0.202 e. The number of nitrogens with two attached hydrogens (primary N) is 1. The monoisotopic (exact) mass is 247 g/mol. The molecule has 1 atom stereocenters. The molecule has 1 saturated heterocycles. The van der Waals surface area contributed by atoms with E-state index in [2.05, 4.69) is 21.9 Å². The fourth-order valence-corrected chi connectivity index (χ4v) is 2.34. The van der Waals surface area contributed by atoms with Crippen LogP contribution in [0.5, 0.6) is 0 Å². The Morgan fingerprint density at radius 3 is 3.28 bits per heavy atom. The summed E-state index contributed by atoms with van der Waals surface area (Å²) < 4.78 is 7.68. The first kappa shape index (κ1) is 11.4. The second-order valence-corrected chi connectivity index (χ2v) is 4.68. The molecule has 1 aliphatic rings. The molecule has 1 aliphatic heterocycles. The van der Waals surface area contributed by atoms with Gasteiger partial charge < -0.3 is 15.4 Å². The van der Waals surface area contributed by atoms with Crippen molar-refractivity contribution in [1.82, 2.24) is 19.4 Å². The molecule has 18 heavy (non-hydrogen) atoms. The van der Waals surface area contributed by atoms with Gasteiger partial charge >= 0.3 is 0 Å². The molecule has 2 N–H and O–H groups in total. The minimum atomic E-state index is 0.144. The third-order valence-electron chi connectivity index (χ3n) is 3.26. The molecule has 3 heterocycles. The molecule has 6 heteroatoms. The SMILES string of the molecule is CN1CCOC(Cn2c(N)nc3cccnc32)C1. The van der Waals surface area contributed by atoms with Crippen molar-refractivity contribution in [2.75, 3.05) is 32.5 Å². The highest BCUT2D eigenvalue weighted by molar-refractivity contribution is 5.73. The number of pyridine rings is 1. The Bertz CT molecular complexity index is 552. The molecule has 0 amide bonds. The quantitative estimate of drug-likeness (QED) is 0.829. The minimum Gasteiger partial charge on any atom is -0.374 e. The van der Waals surface area contributed by atoms with Crippen molar-refractivity contribution in [2.45, 2.75) is 12.6 Å². The smallest absolute Gasteiger partial charge is 0.202 e. The van der Waals surface area contributed by atoms with Crippen molar-refractivity contribution in [3.63, 3.8) is 0 Å². The molecule has 1 fully saturated rings. The average molecular weight is 247 g/mol. The van der Waals surface area contributed by atoms with Gasteiger partial charge in [0.2, 0.25) is 5.95 Å². The van der Waals surface area contributed by atoms with Crippen molar-refractivity contribution in [3.05, 3.63) is 18.3 Å². The van der Waals surface area contributed by atoms with Crippen LogP contribution in [0.4, 0.5) is 5.95 Å². The van der Waals surface area contributed by atoms with Crippen molar-refractivity contribution in [1.29, 1.82) is 0 Å². The number of ether oxygens (including phenoxy) is 1. The van der Waals surface area contributed by atoms with Gasteiger partial charge in [0.05, 0.1) is 19.3 Å². The molecule has 0 saturated carbocycles. The number of fused-ring (bicyclic) bond motifs is 1. The molecule has 0 aromatic carbocycles. The summed E-state index contributed by atoms with van der Waals surface area (Å²) in [6, 6.07) is 3.78. The van der Waals surface area contributed by atoms with Gasteiger partial charge in [0, 0.05) is 19.3 Å². The number of hydrogen-bond acceptors (Lipinski definition) is 5. The van der Waals surface area contributed by atoms with E-state index in [1.807, 2.05) is 16.7 Å². The van der Waals surface area contributed by atoms with E-state index in [9.17, 15) is 0 Å². The van der Waals surface area contributed by atoms with Gasteiger partial charge in [0.1, 0.15) is 5.52 Å². The van der Waals surface area contributed by atoms with Crippen LogP contribution in [0, 0.1) is 0 Å². The van der Waals surface area contributed by atoms with E-state index in [-0.39, 0.29) is 6.10 Å². The number of nitrogen functional groups attached to an aromatic ring is 1. The topological polar surface area (TPSA) is 69.2 Å². The lowest BCUT2D eigenvalue weighted by molar-refractivity contribution is -0.0267. The van der Waals surface area contributed by atoms with E-state index >= 15 is 0 Å². The molecular formula is C12H17N5O.